The molecule has 3 aliphatic rings. The van der Waals surface area contributed by atoms with Crippen molar-refractivity contribution in [3.05, 3.63) is 0 Å². The zero-order valence-electron chi connectivity index (χ0n) is 11.2. The monoisotopic (exact) mass is 307 g/mol. The fourth-order valence-corrected chi connectivity index (χ4v) is 3.69. The van der Waals surface area contributed by atoms with Gasteiger partial charge in [-0.25, -0.2) is 0 Å². The minimum atomic E-state index is -0.895. The second-order valence-electron chi connectivity index (χ2n) is 6.16. The van der Waals surface area contributed by atoms with Gasteiger partial charge < -0.3 is 14.4 Å². The summed E-state index contributed by atoms with van der Waals surface area (Å²) in [5.74, 6) is -0.418. The van der Waals surface area contributed by atoms with Gasteiger partial charge in [0, 0.05) is 25.9 Å². The van der Waals surface area contributed by atoms with Gasteiger partial charge in [0.05, 0.1) is 18.1 Å². The predicted octanol–water partition coefficient (Wildman–Crippen LogP) is 2.32. The van der Waals surface area contributed by atoms with Crippen LogP contribution >= 0.6 is 23.2 Å². The molecule has 4 nitrogen and oxygen atoms in total. The first-order valence-electron chi connectivity index (χ1n) is 6.77. The minimum absolute atomic E-state index is 0.0541. The van der Waals surface area contributed by atoms with Gasteiger partial charge in [0.1, 0.15) is 4.33 Å². The maximum atomic E-state index is 12.4. The molecule has 2 atom stereocenters. The molecule has 2 heterocycles. The molecule has 0 aromatic heterocycles. The highest BCUT2D eigenvalue weighted by Crippen LogP contribution is 2.64. The quantitative estimate of drug-likeness (QED) is 0.698. The van der Waals surface area contributed by atoms with E-state index in [2.05, 4.69) is 0 Å². The first-order chi connectivity index (χ1) is 8.78. The fraction of sp³-hybridized carbons (Fsp3) is 0.923. The van der Waals surface area contributed by atoms with E-state index in [1.807, 2.05) is 18.7 Å². The summed E-state index contributed by atoms with van der Waals surface area (Å²) >= 11 is 12.1. The van der Waals surface area contributed by atoms with E-state index in [1.165, 1.54) is 0 Å². The number of hydrogen-bond acceptors (Lipinski definition) is 3. The predicted molar refractivity (Wildman–Crippen MR) is 72.2 cm³/mol. The Kier molecular flexibility index (Phi) is 3.10. The van der Waals surface area contributed by atoms with Crippen molar-refractivity contribution in [3.63, 3.8) is 0 Å². The molecule has 1 saturated carbocycles. The number of carbonyl (C=O) groups excluding carboxylic acids is 1. The van der Waals surface area contributed by atoms with Crippen LogP contribution in [-0.4, -0.2) is 46.7 Å². The van der Waals surface area contributed by atoms with Crippen LogP contribution in [0.25, 0.3) is 0 Å². The third kappa shape index (κ3) is 2.17. The number of rotatable bonds is 1. The number of amides is 1. The van der Waals surface area contributed by atoms with Crippen LogP contribution in [0.3, 0.4) is 0 Å². The molecule has 6 heteroatoms. The average Bonchev–Trinajstić information content (AvgIpc) is 2.67. The van der Waals surface area contributed by atoms with Crippen molar-refractivity contribution >= 4 is 29.1 Å². The van der Waals surface area contributed by atoms with E-state index in [0.29, 0.717) is 26.1 Å². The molecule has 0 bridgehead atoms. The van der Waals surface area contributed by atoms with Crippen LogP contribution in [0.2, 0.25) is 0 Å². The third-order valence-electron chi connectivity index (χ3n) is 4.54. The molecule has 2 saturated heterocycles. The zero-order valence-corrected chi connectivity index (χ0v) is 12.8. The van der Waals surface area contributed by atoms with Gasteiger partial charge in [0.15, 0.2) is 5.79 Å². The standard InChI is InChI=1S/C13H19Cl2NO3/c1-9-7-18-12(19-9)3-5-16(6-4-12)10(17)11(2)8-13(11,14)15/h9H,3-8H2,1-2H3/t9-,11-/m1/s1. The third-order valence-corrected chi connectivity index (χ3v) is 5.64. The number of alkyl halides is 2. The summed E-state index contributed by atoms with van der Waals surface area (Å²) in [5, 5.41) is 0. The largest absolute Gasteiger partial charge is 0.347 e. The van der Waals surface area contributed by atoms with Gasteiger partial charge in [-0.3, -0.25) is 4.79 Å². The Labute approximate surface area is 123 Å². The van der Waals surface area contributed by atoms with Crippen molar-refractivity contribution in [2.75, 3.05) is 19.7 Å². The summed E-state index contributed by atoms with van der Waals surface area (Å²) in [7, 11) is 0. The van der Waals surface area contributed by atoms with Crippen molar-refractivity contribution in [3.8, 4) is 0 Å². The number of piperidine rings is 1. The van der Waals surface area contributed by atoms with Gasteiger partial charge in [0.25, 0.3) is 0 Å². The number of ether oxygens (including phenoxy) is 2. The highest BCUT2D eigenvalue weighted by molar-refractivity contribution is 6.53. The van der Waals surface area contributed by atoms with Crippen molar-refractivity contribution in [1.82, 2.24) is 4.90 Å². The summed E-state index contributed by atoms with van der Waals surface area (Å²) in [4.78, 5) is 14.3. The average molecular weight is 308 g/mol. The molecule has 1 amide bonds. The molecular formula is C13H19Cl2NO3. The van der Waals surface area contributed by atoms with Crippen LogP contribution in [0, 0.1) is 5.41 Å². The molecule has 0 aromatic rings. The molecule has 1 spiro atoms. The highest BCUT2D eigenvalue weighted by atomic mass is 35.5. The number of nitrogens with zero attached hydrogens (tertiary/aromatic N) is 1. The summed E-state index contributed by atoms with van der Waals surface area (Å²) in [6.07, 6.45) is 2.11. The smallest absolute Gasteiger partial charge is 0.231 e. The molecule has 19 heavy (non-hydrogen) atoms. The van der Waals surface area contributed by atoms with Crippen LogP contribution in [0.15, 0.2) is 0 Å². The van der Waals surface area contributed by atoms with Gasteiger partial charge in [0.2, 0.25) is 5.91 Å². The summed E-state index contributed by atoms with van der Waals surface area (Å²) in [6.45, 7) is 5.77. The van der Waals surface area contributed by atoms with Crippen LogP contribution < -0.4 is 0 Å². The molecule has 0 radical (unpaired) electrons. The Hall–Kier alpha value is -0.0300. The molecule has 0 N–H and O–H groups in total. The lowest BCUT2D eigenvalue weighted by Crippen LogP contribution is -2.49. The Morgan fingerprint density at radius 2 is 1.89 bits per heavy atom. The number of halogens is 2. The second kappa shape index (κ2) is 4.23. The topological polar surface area (TPSA) is 38.8 Å². The molecular weight excluding hydrogens is 289 g/mol. The van der Waals surface area contributed by atoms with Gasteiger partial charge in [-0.15, -0.1) is 23.2 Å². The molecule has 2 aliphatic heterocycles. The van der Waals surface area contributed by atoms with E-state index in [9.17, 15) is 4.79 Å². The number of hydrogen-bond donors (Lipinski definition) is 0. The van der Waals surface area contributed by atoms with E-state index < -0.39 is 15.5 Å². The van der Waals surface area contributed by atoms with Crippen molar-refractivity contribution < 1.29 is 14.3 Å². The number of carbonyl (C=O) groups is 1. The first kappa shape index (κ1) is 13.9. The number of likely N-dealkylation sites (tertiary alicyclic amines) is 1. The van der Waals surface area contributed by atoms with Crippen molar-refractivity contribution in [2.24, 2.45) is 5.41 Å². The van der Waals surface area contributed by atoms with E-state index in [1.54, 1.807) is 0 Å². The van der Waals surface area contributed by atoms with Crippen LogP contribution in [0.5, 0.6) is 0 Å². The van der Waals surface area contributed by atoms with E-state index >= 15 is 0 Å². The Bertz CT molecular complexity index is 407. The molecule has 3 rings (SSSR count). The molecule has 1 aliphatic carbocycles. The summed E-state index contributed by atoms with van der Waals surface area (Å²) in [6, 6.07) is 0. The minimum Gasteiger partial charge on any atom is -0.347 e. The van der Waals surface area contributed by atoms with E-state index in [0.717, 1.165) is 12.8 Å². The molecule has 0 aromatic carbocycles. The lowest BCUT2D eigenvalue weighted by molar-refractivity contribution is -0.195. The molecule has 3 fully saturated rings. The summed E-state index contributed by atoms with van der Waals surface area (Å²) in [5.41, 5.74) is -0.620. The van der Waals surface area contributed by atoms with Crippen molar-refractivity contribution in [2.45, 2.75) is 49.3 Å². The van der Waals surface area contributed by atoms with Crippen LogP contribution in [0.1, 0.15) is 33.1 Å². The maximum Gasteiger partial charge on any atom is 0.231 e. The Morgan fingerprint density at radius 1 is 1.32 bits per heavy atom. The first-order valence-corrected chi connectivity index (χ1v) is 7.53. The summed E-state index contributed by atoms with van der Waals surface area (Å²) < 4.78 is 10.7. The normalized spacial score (nSPS) is 39.6. The highest BCUT2D eigenvalue weighted by Gasteiger charge is 2.69. The van der Waals surface area contributed by atoms with E-state index in [4.69, 9.17) is 32.7 Å². The van der Waals surface area contributed by atoms with Crippen molar-refractivity contribution in [1.29, 1.82) is 0 Å². The zero-order chi connectivity index (χ0) is 13.9. The lowest BCUT2D eigenvalue weighted by Gasteiger charge is -2.39. The maximum absolute atomic E-state index is 12.4. The van der Waals surface area contributed by atoms with Crippen LogP contribution in [0.4, 0.5) is 0 Å². The fourth-order valence-electron chi connectivity index (χ4n) is 3.00. The van der Waals surface area contributed by atoms with Crippen LogP contribution in [-0.2, 0) is 14.3 Å². The second-order valence-corrected chi connectivity index (χ2v) is 7.64. The SMILES string of the molecule is C[C@@H]1COC2(CCN(C(=O)[C@@]3(C)CC3(Cl)Cl)CC2)O1. The Morgan fingerprint density at radius 3 is 2.32 bits per heavy atom. The molecule has 108 valence electrons. The molecule has 0 unspecified atom stereocenters. The van der Waals surface area contributed by atoms with Gasteiger partial charge in [-0.05, 0) is 20.3 Å². The van der Waals surface area contributed by atoms with Gasteiger partial charge >= 0.3 is 0 Å². The van der Waals surface area contributed by atoms with Gasteiger partial charge in [-0.1, -0.05) is 0 Å². The lowest BCUT2D eigenvalue weighted by atomic mass is 10.0. The van der Waals surface area contributed by atoms with Gasteiger partial charge in [-0.2, -0.15) is 0 Å². The Balaban J connectivity index is 1.61. The van der Waals surface area contributed by atoms with E-state index in [-0.39, 0.29) is 12.0 Å².